The van der Waals surface area contributed by atoms with Crippen molar-refractivity contribution in [1.82, 2.24) is 4.57 Å². The number of hydrogen-bond acceptors (Lipinski definition) is 1. The molecule has 8 heavy (non-hydrogen) atoms. The molecule has 0 aliphatic heterocycles. The quantitative estimate of drug-likeness (QED) is 0.545. The van der Waals surface area contributed by atoms with Gasteiger partial charge in [-0.15, -0.1) is 0 Å². The van der Waals surface area contributed by atoms with Crippen LogP contribution in [-0.4, -0.2) is 4.57 Å². The molecule has 0 fully saturated rings. The fraction of sp³-hybridized carbons (Fsp3) is 0.333. The molecule has 44 valence electrons. The Kier molecular flexibility index (Phi) is 1.63. The van der Waals surface area contributed by atoms with E-state index in [1.54, 1.807) is 0 Å². The summed E-state index contributed by atoms with van der Waals surface area (Å²) in [6.45, 7) is 0. The highest BCUT2D eigenvalue weighted by Crippen LogP contribution is 2.01. The average molecular weight is 127 g/mol. The van der Waals surface area contributed by atoms with Crippen molar-refractivity contribution in [3.63, 3.8) is 0 Å². The maximum absolute atomic E-state index is 4.11. The first-order valence-corrected chi connectivity index (χ1v) is 3.18. The number of nitrogens with zero attached hydrogens (tertiary/aromatic N) is 1. The summed E-state index contributed by atoms with van der Waals surface area (Å²) in [7, 11) is 2.01. The zero-order chi connectivity index (χ0) is 5.98. The maximum Gasteiger partial charge on any atom is 0.0169 e. The Morgan fingerprint density at radius 2 is 2.50 bits per heavy atom. The summed E-state index contributed by atoms with van der Waals surface area (Å²) >= 11 is 4.11. The minimum atomic E-state index is 0.834. The molecule has 0 aromatic carbocycles. The van der Waals surface area contributed by atoms with E-state index in [2.05, 4.69) is 24.9 Å². The average Bonchev–Trinajstić information content (AvgIpc) is 2.14. The number of rotatable bonds is 1. The molecule has 0 saturated carbocycles. The van der Waals surface area contributed by atoms with E-state index in [4.69, 9.17) is 0 Å². The molecule has 1 heterocycles. The maximum atomic E-state index is 4.11. The van der Waals surface area contributed by atoms with Gasteiger partial charge in [-0.3, -0.25) is 0 Å². The van der Waals surface area contributed by atoms with Crippen molar-refractivity contribution in [2.75, 3.05) is 0 Å². The molecule has 0 saturated heterocycles. The Bertz CT molecular complexity index is 169. The van der Waals surface area contributed by atoms with E-state index in [9.17, 15) is 0 Å². The highest BCUT2D eigenvalue weighted by atomic mass is 32.1. The Labute approximate surface area is 54.7 Å². The summed E-state index contributed by atoms with van der Waals surface area (Å²) < 4.78 is 2.02. The smallest absolute Gasteiger partial charge is 0.0169 e. The first-order chi connectivity index (χ1) is 3.83. The lowest BCUT2D eigenvalue weighted by molar-refractivity contribution is 0.924. The summed E-state index contributed by atoms with van der Waals surface area (Å²) in [5, 5.41) is 0. The minimum Gasteiger partial charge on any atom is -0.357 e. The number of thiol groups is 1. The van der Waals surface area contributed by atoms with Gasteiger partial charge in [0.2, 0.25) is 0 Å². The zero-order valence-electron chi connectivity index (χ0n) is 4.83. The topological polar surface area (TPSA) is 4.93 Å². The lowest BCUT2D eigenvalue weighted by atomic mass is 10.4. The number of aryl methyl sites for hydroxylation is 1. The van der Waals surface area contributed by atoms with Crippen molar-refractivity contribution in [2.24, 2.45) is 7.05 Å². The van der Waals surface area contributed by atoms with E-state index in [1.165, 1.54) is 5.56 Å². The molecular weight excluding hydrogens is 118 g/mol. The van der Waals surface area contributed by atoms with Crippen molar-refractivity contribution >= 4 is 12.6 Å². The lowest BCUT2D eigenvalue weighted by Gasteiger charge is -1.84. The normalized spacial score (nSPS) is 9.75. The Morgan fingerprint density at radius 3 is 2.75 bits per heavy atom. The molecule has 0 radical (unpaired) electrons. The molecule has 0 amide bonds. The SMILES string of the molecule is Cn1ccc(CS)c1. The van der Waals surface area contributed by atoms with Gasteiger partial charge in [0.15, 0.2) is 0 Å². The second kappa shape index (κ2) is 2.27. The lowest BCUT2D eigenvalue weighted by Crippen LogP contribution is -1.77. The second-order valence-corrected chi connectivity index (χ2v) is 2.16. The molecule has 0 N–H and O–H groups in total. The van der Waals surface area contributed by atoms with E-state index in [1.807, 2.05) is 17.8 Å². The molecular formula is C6H9NS. The van der Waals surface area contributed by atoms with Crippen LogP contribution in [-0.2, 0) is 12.8 Å². The summed E-state index contributed by atoms with van der Waals surface area (Å²) in [6, 6.07) is 2.06. The third-order valence-corrected chi connectivity index (χ3v) is 1.44. The molecule has 0 atom stereocenters. The van der Waals surface area contributed by atoms with Crippen LogP contribution in [0.5, 0.6) is 0 Å². The molecule has 0 spiro atoms. The minimum absolute atomic E-state index is 0.834. The fourth-order valence-electron chi connectivity index (χ4n) is 0.654. The highest BCUT2D eigenvalue weighted by molar-refractivity contribution is 7.79. The van der Waals surface area contributed by atoms with Gasteiger partial charge in [-0.05, 0) is 11.6 Å². The molecule has 2 heteroatoms. The predicted octanol–water partition coefficient (Wildman–Crippen LogP) is 1.45. The number of aromatic nitrogens is 1. The first-order valence-electron chi connectivity index (χ1n) is 2.54. The van der Waals surface area contributed by atoms with E-state index in [-0.39, 0.29) is 0 Å². The monoisotopic (exact) mass is 127 g/mol. The Morgan fingerprint density at radius 1 is 1.75 bits per heavy atom. The van der Waals surface area contributed by atoms with Gasteiger partial charge in [0.05, 0.1) is 0 Å². The standard InChI is InChI=1S/C6H9NS/c1-7-3-2-6(4-7)5-8/h2-4,8H,5H2,1H3. The van der Waals surface area contributed by atoms with Crippen molar-refractivity contribution in [1.29, 1.82) is 0 Å². The molecule has 0 unspecified atom stereocenters. The summed E-state index contributed by atoms with van der Waals surface area (Å²) in [4.78, 5) is 0. The first kappa shape index (κ1) is 5.76. The van der Waals surface area contributed by atoms with Gasteiger partial charge in [-0.25, -0.2) is 0 Å². The van der Waals surface area contributed by atoms with Crippen molar-refractivity contribution in [3.05, 3.63) is 24.0 Å². The third kappa shape index (κ3) is 1.07. The van der Waals surface area contributed by atoms with Gasteiger partial charge < -0.3 is 4.57 Å². The van der Waals surface area contributed by atoms with Gasteiger partial charge in [0.1, 0.15) is 0 Å². The van der Waals surface area contributed by atoms with Crippen LogP contribution in [0.3, 0.4) is 0 Å². The van der Waals surface area contributed by atoms with Crippen molar-refractivity contribution in [2.45, 2.75) is 5.75 Å². The highest BCUT2D eigenvalue weighted by Gasteiger charge is 1.86. The molecule has 1 nitrogen and oxygen atoms in total. The summed E-state index contributed by atoms with van der Waals surface area (Å²) in [5.41, 5.74) is 1.27. The molecule has 1 rings (SSSR count). The molecule has 0 aliphatic rings. The van der Waals surface area contributed by atoms with Gasteiger partial charge in [-0.2, -0.15) is 12.6 Å². The van der Waals surface area contributed by atoms with Crippen LogP contribution < -0.4 is 0 Å². The second-order valence-electron chi connectivity index (χ2n) is 1.84. The molecule has 0 aliphatic carbocycles. The van der Waals surface area contributed by atoms with Crippen LogP contribution in [0.2, 0.25) is 0 Å². The van der Waals surface area contributed by atoms with Crippen LogP contribution in [0.15, 0.2) is 18.5 Å². The molecule has 1 aromatic heterocycles. The fourth-order valence-corrected chi connectivity index (χ4v) is 0.842. The van der Waals surface area contributed by atoms with Crippen molar-refractivity contribution < 1.29 is 0 Å². The van der Waals surface area contributed by atoms with Crippen molar-refractivity contribution in [3.8, 4) is 0 Å². The third-order valence-electron chi connectivity index (χ3n) is 1.08. The van der Waals surface area contributed by atoms with Gasteiger partial charge >= 0.3 is 0 Å². The van der Waals surface area contributed by atoms with Crippen LogP contribution in [0.4, 0.5) is 0 Å². The largest absolute Gasteiger partial charge is 0.357 e. The van der Waals surface area contributed by atoms with E-state index in [0.717, 1.165) is 5.75 Å². The van der Waals surface area contributed by atoms with Gasteiger partial charge in [0.25, 0.3) is 0 Å². The van der Waals surface area contributed by atoms with Gasteiger partial charge in [-0.1, -0.05) is 0 Å². The predicted molar refractivity (Wildman–Crippen MR) is 38.1 cm³/mol. The number of hydrogen-bond donors (Lipinski definition) is 1. The molecule has 0 bridgehead atoms. The summed E-state index contributed by atoms with van der Waals surface area (Å²) in [6.07, 6.45) is 4.08. The van der Waals surface area contributed by atoms with Crippen LogP contribution in [0.1, 0.15) is 5.56 Å². The molecule has 1 aromatic rings. The zero-order valence-corrected chi connectivity index (χ0v) is 5.73. The van der Waals surface area contributed by atoms with Crippen LogP contribution in [0, 0.1) is 0 Å². The van der Waals surface area contributed by atoms with E-state index < -0.39 is 0 Å². The Balaban J connectivity index is 2.84. The van der Waals surface area contributed by atoms with Crippen LogP contribution >= 0.6 is 12.6 Å². The van der Waals surface area contributed by atoms with E-state index in [0.29, 0.717) is 0 Å². The summed E-state index contributed by atoms with van der Waals surface area (Å²) in [5.74, 6) is 0.834. The van der Waals surface area contributed by atoms with E-state index >= 15 is 0 Å². The van der Waals surface area contributed by atoms with Crippen LogP contribution in [0.25, 0.3) is 0 Å². The Hall–Kier alpha value is -0.370. The van der Waals surface area contributed by atoms with Gasteiger partial charge in [0, 0.05) is 25.2 Å².